The number of amides is 6. The zero-order valence-corrected chi connectivity index (χ0v) is 46.0. The second-order valence-electron chi connectivity index (χ2n) is 13.9. The van der Waals surface area contributed by atoms with Gasteiger partial charge in [0.2, 0.25) is 0 Å². The Morgan fingerprint density at radius 3 is 1.00 bits per heavy atom. The van der Waals surface area contributed by atoms with E-state index >= 15 is 0 Å². The maximum atomic E-state index is 13.9. The van der Waals surface area contributed by atoms with E-state index in [4.69, 9.17) is 0 Å². The van der Waals surface area contributed by atoms with Crippen LogP contribution in [0.15, 0.2) is 0 Å². The minimum absolute atomic E-state index is 0.0134. The predicted molar refractivity (Wildman–Crippen MR) is 274 cm³/mol. The third-order valence-corrected chi connectivity index (χ3v) is 15.1. The van der Waals surface area contributed by atoms with E-state index in [2.05, 4.69) is 21.3 Å². The SMILES string of the molecule is CC(O)(CO)NC(=O)c1c(I)c(C(=O)NCCO)c(I)c(N(CC(CO)(CO)CN(C(=O)CO)c2c(I)c(C(=O)NCCO)c(I)c(C(=O)NC(C)(O)CO)c2I)C(=O)CO)c1I. The first-order valence-corrected chi connectivity index (χ1v) is 24.4. The van der Waals surface area contributed by atoms with E-state index in [1.54, 1.807) is 136 Å². The highest BCUT2D eigenvalue weighted by Crippen LogP contribution is 2.42. The quantitative estimate of drug-likeness (QED) is 0.0445. The van der Waals surface area contributed by atoms with Crippen molar-refractivity contribution in [3.05, 3.63) is 43.7 Å². The van der Waals surface area contributed by atoms with Crippen LogP contribution >= 0.6 is 136 Å². The van der Waals surface area contributed by atoms with E-state index in [-0.39, 0.29) is 68.1 Å². The lowest BCUT2D eigenvalue weighted by Crippen LogP contribution is -2.55. The topological polar surface area (TPSA) is 359 Å². The van der Waals surface area contributed by atoms with Crippen molar-refractivity contribution in [2.45, 2.75) is 25.3 Å². The molecule has 0 saturated heterocycles. The number of carbonyl (C=O) groups is 6. The molecule has 0 saturated carbocycles. The molecule has 0 aliphatic carbocycles. The van der Waals surface area contributed by atoms with E-state index in [0.29, 0.717) is 0 Å². The van der Waals surface area contributed by atoms with Crippen LogP contribution in [-0.4, -0.2) is 177 Å². The van der Waals surface area contributed by atoms with Crippen molar-refractivity contribution >= 4 is 182 Å². The summed E-state index contributed by atoms with van der Waals surface area (Å²) in [5.74, 6) is -6.00. The zero-order chi connectivity index (χ0) is 48.4. The highest BCUT2D eigenvalue weighted by molar-refractivity contribution is 14.1. The van der Waals surface area contributed by atoms with E-state index in [0.717, 1.165) is 23.6 Å². The predicted octanol–water partition coefficient (Wildman–Crippen LogP) is -2.06. The molecule has 0 aliphatic rings. The van der Waals surface area contributed by atoms with Gasteiger partial charge in [-0.2, -0.15) is 0 Å². The maximum absolute atomic E-state index is 13.9. The van der Waals surface area contributed by atoms with Crippen molar-refractivity contribution in [3.63, 3.8) is 0 Å². The molecule has 2 atom stereocenters. The summed E-state index contributed by atoms with van der Waals surface area (Å²) in [7, 11) is 0. The van der Waals surface area contributed by atoms with Gasteiger partial charge >= 0.3 is 0 Å². The van der Waals surface area contributed by atoms with Gasteiger partial charge in [0.1, 0.15) is 13.2 Å². The fourth-order valence-electron chi connectivity index (χ4n) is 5.51. The maximum Gasteiger partial charge on any atom is 0.255 e. The first-order valence-electron chi connectivity index (χ1n) is 17.9. The summed E-state index contributed by atoms with van der Waals surface area (Å²) in [5, 5.41) is 112. The minimum atomic E-state index is -2.18. The molecular formula is C35H44I6N6O16. The number of hydrogen-bond acceptors (Lipinski definition) is 16. The highest BCUT2D eigenvalue weighted by Gasteiger charge is 2.42. The Balaban J connectivity index is 3.14. The Labute approximate surface area is 441 Å². The molecule has 352 valence electrons. The van der Waals surface area contributed by atoms with Gasteiger partial charge in [0.15, 0.2) is 11.4 Å². The van der Waals surface area contributed by atoms with Crippen LogP contribution in [0.2, 0.25) is 0 Å². The molecule has 0 fully saturated rings. The molecule has 6 amide bonds. The molecule has 2 unspecified atom stereocenters. The normalized spacial score (nSPS) is 13.4. The monoisotopic (exact) mass is 1570 g/mol. The van der Waals surface area contributed by atoms with Crippen molar-refractivity contribution in [3.8, 4) is 0 Å². The van der Waals surface area contributed by atoms with Crippen LogP contribution < -0.4 is 31.1 Å². The molecule has 0 aromatic heterocycles. The lowest BCUT2D eigenvalue weighted by molar-refractivity contribution is -0.122. The van der Waals surface area contributed by atoms with Gasteiger partial charge in [-0.3, -0.25) is 28.8 Å². The Hall–Kier alpha value is -0.760. The van der Waals surface area contributed by atoms with Gasteiger partial charge < -0.3 is 82.1 Å². The Kier molecular flexibility index (Phi) is 23.7. The van der Waals surface area contributed by atoms with Crippen molar-refractivity contribution in [2.75, 3.05) is 88.8 Å². The standard InChI is InChI=1S/C35H44I6N6O16/c1-33(62,11-52)44-31(60)19-21(36)17(29(58)42-3-5-48)23(38)27(25(19)40)46(15(56)7-50)9-35(13-54,14-55)10-47(16(57)8-51)28-24(39)18(30(59)43-4-6-49)22(37)20(26(28)41)32(61)45-34(2,63)12-53/h48-55,62-63H,3-14H2,1-2H3,(H,42,58)(H,43,59)(H,44,60)(H,45,61). The van der Waals surface area contributed by atoms with Gasteiger partial charge in [-0.25, -0.2) is 0 Å². The van der Waals surface area contributed by atoms with E-state index < -0.39 is 118 Å². The fourth-order valence-corrected chi connectivity index (χ4v) is 15.0. The molecule has 2 aromatic rings. The molecule has 2 aromatic carbocycles. The molecule has 28 heteroatoms. The molecule has 0 bridgehead atoms. The molecule has 0 radical (unpaired) electrons. The van der Waals surface area contributed by atoms with Gasteiger partial charge in [-0.15, -0.1) is 0 Å². The number of aliphatic hydroxyl groups is 10. The van der Waals surface area contributed by atoms with Gasteiger partial charge in [0.25, 0.3) is 35.4 Å². The van der Waals surface area contributed by atoms with Crippen molar-refractivity contribution in [1.29, 1.82) is 0 Å². The number of aliphatic hydroxyl groups excluding tert-OH is 8. The zero-order valence-electron chi connectivity index (χ0n) is 33.1. The number of anilines is 2. The molecule has 0 heterocycles. The van der Waals surface area contributed by atoms with E-state index in [9.17, 15) is 79.8 Å². The molecule has 63 heavy (non-hydrogen) atoms. The van der Waals surface area contributed by atoms with Crippen LogP contribution in [0.1, 0.15) is 55.3 Å². The minimum Gasteiger partial charge on any atom is -0.396 e. The van der Waals surface area contributed by atoms with Crippen LogP contribution in [0.4, 0.5) is 11.4 Å². The van der Waals surface area contributed by atoms with E-state index in [1.165, 1.54) is 0 Å². The van der Waals surface area contributed by atoms with Crippen molar-refractivity contribution < 1.29 is 79.8 Å². The summed E-state index contributed by atoms with van der Waals surface area (Å²) in [4.78, 5) is 84.4. The van der Waals surface area contributed by atoms with Crippen LogP contribution in [0, 0.1) is 26.8 Å². The van der Waals surface area contributed by atoms with Gasteiger partial charge in [-0.1, -0.05) is 0 Å². The van der Waals surface area contributed by atoms with E-state index in [1.807, 2.05) is 0 Å². The first-order chi connectivity index (χ1) is 29.3. The van der Waals surface area contributed by atoms with Crippen LogP contribution in [0.3, 0.4) is 0 Å². The molecule has 14 N–H and O–H groups in total. The summed E-state index contributed by atoms with van der Waals surface area (Å²) < 4.78 is -0.216. The number of nitrogens with one attached hydrogen (secondary N) is 4. The summed E-state index contributed by atoms with van der Waals surface area (Å²) in [5.41, 5.74) is -7.96. The summed E-state index contributed by atoms with van der Waals surface area (Å²) in [6, 6.07) is 0. The third kappa shape index (κ3) is 14.2. The Morgan fingerprint density at radius 1 is 0.476 bits per heavy atom. The molecule has 0 aliphatic heterocycles. The van der Waals surface area contributed by atoms with Crippen molar-refractivity contribution in [2.24, 2.45) is 5.41 Å². The van der Waals surface area contributed by atoms with Crippen LogP contribution in [0.5, 0.6) is 0 Å². The molecule has 0 spiro atoms. The number of carbonyl (C=O) groups excluding carboxylic acids is 6. The number of hydrogen-bond donors (Lipinski definition) is 14. The van der Waals surface area contributed by atoms with Crippen LogP contribution in [-0.2, 0) is 9.59 Å². The number of halogens is 6. The third-order valence-electron chi connectivity index (χ3n) is 8.74. The van der Waals surface area contributed by atoms with Crippen LogP contribution in [0.25, 0.3) is 0 Å². The summed E-state index contributed by atoms with van der Waals surface area (Å²) >= 11 is 10.1. The summed E-state index contributed by atoms with van der Waals surface area (Å²) in [6.07, 6.45) is 0. The number of benzene rings is 2. The van der Waals surface area contributed by atoms with Gasteiger partial charge in [-0.05, 0) is 149 Å². The van der Waals surface area contributed by atoms with Gasteiger partial charge in [0, 0.05) is 33.3 Å². The second kappa shape index (κ2) is 25.6. The Morgan fingerprint density at radius 2 is 0.762 bits per heavy atom. The largest absolute Gasteiger partial charge is 0.396 e. The average molecular weight is 1570 g/mol. The fraction of sp³-hybridized carbons (Fsp3) is 0.486. The van der Waals surface area contributed by atoms with Gasteiger partial charge in [0.05, 0.1) is 93.0 Å². The average Bonchev–Trinajstić information content (AvgIpc) is 3.22. The second-order valence-corrected chi connectivity index (χ2v) is 20.4. The smallest absolute Gasteiger partial charge is 0.255 e. The number of nitrogens with zero attached hydrogens (tertiary/aromatic N) is 2. The first kappa shape index (κ1) is 58.4. The van der Waals surface area contributed by atoms with Crippen molar-refractivity contribution in [1.82, 2.24) is 21.3 Å². The summed E-state index contributed by atoms with van der Waals surface area (Å²) in [6.45, 7) is -7.39. The Bertz CT molecular complexity index is 1930. The highest BCUT2D eigenvalue weighted by atomic mass is 127. The lowest BCUT2D eigenvalue weighted by Gasteiger charge is -2.40. The lowest BCUT2D eigenvalue weighted by atomic mass is 9.87. The molecule has 2 rings (SSSR count). The molecule has 22 nitrogen and oxygen atoms in total. The molecular weight excluding hydrogens is 1520 g/mol. The number of rotatable bonds is 22.